The van der Waals surface area contributed by atoms with E-state index in [1.807, 2.05) is 6.92 Å². The summed E-state index contributed by atoms with van der Waals surface area (Å²) in [6, 6.07) is 0. The van der Waals surface area contributed by atoms with Crippen LogP contribution >= 0.6 is 0 Å². The Morgan fingerprint density at radius 1 is 1.08 bits per heavy atom. The van der Waals surface area contributed by atoms with Gasteiger partial charge in [0.1, 0.15) is 11.6 Å². The average Bonchev–Trinajstić information content (AvgIpc) is 2.04. The van der Waals surface area contributed by atoms with Crippen LogP contribution in [0.3, 0.4) is 0 Å². The summed E-state index contributed by atoms with van der Waals surface area (Å²) in [6.07, 6.45) is 0.663. The molecule has 0 spiro atoms. The highest BCUT2D eigenvalue weighted by Crippen LogP contribution is 1.78. The molecule has 0 fully saturated rings. The van der Waals surface area contributed by atoms with Crippen LogP contribution in [0.5, 0.6) is 0 Å². The Hall–Kier alpha value is -1.19. The third-order valence-corrected chi connectivity index (χ3v) is 1.19. The van der Waals surface area contributed by atoms with E-state index in [4.69, 9.17) is 0 Å². The van der Waals surface area contributed by atoms with E-state index >= 15 is 0 Å². The molecule has 0 aromatic heterocycles. The Morgan fingerprint density at radius 3 is 1.54 bits per heavy atom. The van der Waals surface area contributed by atoms with Gasteiger partial charge in [0.25, 0.3) is 0 Å². The first-order valence-electron chi connectivity index (χ1n) is 4.13. The normalized spacial score (nSPS) is 8.00. The standard InChI is InChI=1S/C5H9NO2.C4H8O/c1-4(7)3-5(8)6-2;1-3-4(2)5/h3H2,1-2H3,(H,6,8);3H2,1-2H3. The van der Waals surface area contributed by atoms with Crippen LogP contribution in [0, 0.1) is 0 Å². The summed E-state index contributed by atoms with van der Waals surface area (Å²) in [5.74, 6) is -0.0770. The van der Waals surface area contributed by atoms with E-state index < -0.39 is 0 Å². The third kappa shape index (κ3) is 18.1. The Balaban J connectivity index is 0. The maximum Gasteiger partial charge on any atom is 0.227 e. The van der Waals surface area contributed by atoms with Crippen LogP contribution in [0.4, 0.5) is 0 Å². The number of ketones is 2. The zero-order chi connectivity index (χ0) is 10.9. The Bertz CT molecular complexity index is 187. The smallest absolute Gasteiger partial charge is 0.227 e. The molecule has 0 atom stereocenters. The number of hydrogen-bond acceptors (Lipinski definition) is 3. The van der Waals surface area contributed by atoms with E-state index in [0.29, 0.717) is 6.42 Å². The van der Waals surface area contributed by atoms with Gasteiger partial charge in [-0.15, -0.1) is 0 Å². The highest BCUT2D eigenvalue weighted by atomic mass is 16.2. The van der Waals surface area contributed by atoms with Crippen molar-refractivity contribution in [3.63, 3.8) is 0 Å². The van der Waals surface area contributed by atoms with Crippen LogP contribution in [0.15, 0.2) is 0 Å². The molecule has 0 aliphatic rings. The first-order valence-corrected chi connectivity index (χ1v) is 4.13. The van der Waals surface area contributed by atoms with E-state index in [1.165, 1.54) is 14.0 Å². The van der Waals surface area contributed by atoms with Crippen molar-refractivity contribution < 1.29 is 14.4 Å². The molecule has 13 heavy (non-hydrogen) atoms. The predicted octanol–water partition coefficient (Wildman–Crippen LogP) is 0.697. The molecule has 1 amide bonds. The summed E-state index contributed by atoms with van der Waals surface area (Å²) in [4.78, 5) is 30.3. The molecule has 0 unspecified atom stereocenters. The summed E-state index contributed by atoms with van der Waals surface area (Å²) in [6.45, 7) is 4.82. The van der Waals surface area contributed by atoms with Gasteiger partial charge in [0.15, 0.2) is 0 Å². The molecule has 0 radical (unpaired) electrons. The highest BCUT2D eigenvalue weighted by molar-refractivity contribution is 5.96. The first-order chi connectivity index (χ1) is 5.93. The topological polar surface area (TPSA) is 63.2 Å². The Labute approximate surface area is 78.7 Å². The second kappa shape index (κ2) is 8.90. The van der Waals surface area contributed by atoms with Crippen molar-refractivity contribution in [2.45, 2.75) is 33.6 Å². The van der Waals surface area contributed by atoms with E-state index in [1.54, 1.807) is 6.92 Å². The summed E-state index contributed by atoms with van der Waals surface area (Å²) in [7, 11) is 1.51. The third-order valence-electron chi connectivity index (χ3n) is 1.19. The van der Waals surface area contributed by atoms with E-state index in [2.05, 4.69) is 5.32 Å². The van der Waals surface area contributed by atoms with Crippen molar-refractivity contribution in [2.24, 2.45) is 0 Å². The van der Waals surface area contributed by atoms with Crippen molar-refractivity contribution >= 4 is 17.5 Å². The molecule has 0 aliphatic carbocycles. The second-order valence-corrected chi connectivity index (χ2v) is 2.61. The number of amides is 1. The van der Waals surface area contributed by atoms with Crippen LogP contribution in [-0.2, 0) is 14.4 Å². The quantitative estimate of drug-likeness (QED) is 0.661. The molecule has 0 aromatic rings. The Kier molecular flexibility index (Phi) is 9.82. The average molecular weight is 187 g/mol. The van der Waals surface area contributed by atoms with Crippen LogP contribution in [0.2, 0.25) is 0 Å². The van der Waals surface area contributed by atoms with Gasteiger partial charge in [0.2, 0.25) is 5.91 Å². The van der Waals surface area contributed by atoms with E-state index in [0.717, 1.165) is 0 Å². The van der Waals surface area contributed by atoms with Crippen LogP contribution in [-0.4, -0.2) is 24.5 Å². The zero-order valence-electron chi connectivity index (χ0n) is 8.64. The fourth-order valence-electron chi connectivity index (χ4n) is 0.314. The number of carbonyl (C=O) groups is 3. The molecule has 0 saturated heterocycles. The number of nitrogens with one attached hydrogen (secondary N) is 1. The van der Waals surface area contributed by atoms with Crippen LogP contribution < -0.4 is 5.32 Å². The number of rotatable bonds is 3. The van der Waals surface area contributed by atoms with E-state index in [9.17, 15) is 14.4 Å². The van der Waals surface area contributed by atoms with Gasteiger partial charge in [-0.2, -0.15) is 0 Å². The summed E-state index contributed by atoms with van der Waals surface area (Å²) in [5, 5.41) is 2.34. The lowest BCUT2D eigenvalue weighted by atomic mass is 10.3. The highest BCUT2D eigenvalue weighted by Gasteiger charge is 1.99. The lowest BCUT2D eigenvalue weighted by molar-refractivity contribution is -0.126. The molecule has 0 bridgehead atoms. The molecule has 0 rings (SSSR count). The molecule has 0 saturated carbocycles. The van der Waals surface area contributed by atoms with Crippen LogP contribution in [0.1, 0.15) is 33.6 Å². The lowest BCUT2D eigenvalue weighted by Crippen LogP contribution is -2.19. The minimum Gasteiger partial charge on any atom is -0.359 e. The number of hydrogen-bond donors (Lipinski definition) is 1. The lowest BCUT2D eigenvalue weighted by Gasteiger charge is -1.91. The molecule has 0 heterocycles. The second-order valence-electron chi connectivity index (χ2n) is 2.61. The van der Waals surface area contributed by atoms with Crippen LogP contribution in [0.25, 0.3) is 0 Å². The fourth-order valence-corrected chi connectivity index (χ4v) is 0.314. The molecule has 4 heteroatoms. The largest absolute Gasteiger partial charge is 0.359 e. The van der Waals surface area contributed by atoms with Gasteiger partial charge in [0.05, 0.1) is 6.42 Å². The minimum absolute atomic E-state index is 0.00347. The molecule has 76 valence electrons. The summed E-state index contributed by atoms with van der Waals surface area (Å²) in [5.41, 5.74) is 0. The monoisotopic (exact) mass is 187 g/mol. The fraction of sp³-hybridized carbons (Fsp3) is 0.667. The number of Topliss-reactive ketones (excluding diaryl/α,β-unsaturated/α-hetero) is 2. The van der Waals surface area contributed by atoms with Crippen molar-refractivity contribution in [2.75, 3.05) is 7.05 Å². The summed E-state index contributed by atoms with van der Waals surface area (Å²) < 4.78 is 0. The maximum absolute atomic E-state index is 10.3. The van der Waals surface area contributed by atoms with Crippen molar-refractivity contribution in [1.82, 2.24) is 5.32 Å². The molecule has 0 aromatic carbocycles. The maximum atomic E-state index is 10.3. The minimum atomic E-state index is -0.225. The molecule has 0 aliphatic heterocycles. The van der Waals surface area contributed by atoms with Gasteiger partial charge in [-0.25, -0.2) is 0 Å². The van der Waals surface area contributed by atoms with Gasteiger partial charge in [-0.3, -0.25) is 9.59 Å². The van der Waals surface area contributed by atoms with Crippen molar-refractivity contribution in [3.8, 4) is 0 Å². The summed E-state index contributed by atoms with van der Waals surface area (Å²) >= 11 is 0. The van der Waals surface area contributed by atoms with Gasteiger partial charge < -0.3 is 10.1 Å². The predicted molar refractivity (Wildman–Crippen MR) is 50.3 cm³/mol. The molecular formula is C9H17NO3. The van der Waals surface area contributed by atoms with Gasteiger partial charge in [-0.05, 0) is 13.8 Å². The molecular weight excluding hydrogens is 170 g/mol. The molecule has 1 N–H and O–H groups in total. The number of carbonyl (C=O) groups excluding carboxylic acids is 3. The van der Waals surface area contributed by atoms with Gasteiger partial charge in [-0.1, -0.05) is 6.92 Å². The first kappa shape index (κ1) is 14.3. The van der Waals surface area contributed by atoms with Gasteiger partial charge >= 0.3 is 0 Å². The molecule has 4 nitrogen and oxygen atoms in total. The van der Waals surface area contributed by atoms with Crippen molar-refractivity contribution in [1.29, 1.82) is 0 Å². The van der Waals surface area contributed by atoms with E-state index in [-0.39, 0.29) is 23.9 Å². The van der Waals surface area contributed by atoms with Gasteiger partial charge in [0, 0.05) is 13.5 Å². The zero-order valence-corrected chi connectivity index (χ0v) is 8.64. The Morgan fingerprint density at radius 2 is 1.46 bits per heavy atom. The SMILES string of the molecule is CCC(C)=O.CNC(=O)CC(C)=O. The van der Waals surface area contributed by atoms with Crippen molar-refractivity contribution in [3.05, 3.63) is 0 Å².